The van der Waals surface area contributed by atoms with E-state index >= 15 is 0 Å². The van der Waals surface area contributed by atoms with E-state index in [9.17, 15) is 0 Å². The minimum atomic E-state index is 0.490. The molecule has 11 heavy (non-hydrogen) atoms. The summed E-state index contributed by atoms with van der Waals surface area (Å²) in [7, 11) is 0. The number of rotatable bonds is 6. The lowest BCUT2D eigenvalue weighted by Crippen LogP contribution is -2.09. The Balaban J connectivity index is 3.01. The van der Waals surface area contributed by atoms with E-state index in [1.165, 1.54) is 0 Å². The number of hydrogen-bond acceptors (Lipinski definition) is 1. The van der Waals surface area contributed by atoms with Crippen molar-refractivity contribution in [3.63, 3.8) is 0 Å². The first-order chi connectivity index (χ1) is 5.16. The molecule has 0 aliphatic heterocycles. The zero-order chi connectivity index (χ0) is 8.69. The maximum atomic E-state index is 5.61. The summed E-state index contributed by atoms with van der Waals surface area (Å²) in [5.41, 5.74) is 0. The van der Waals surface area contributed by atoms with Crippen LogP contribution in [0.4, 0.5) is 0 Å². The van der Waals surface area contributed by atoms with E-state index in [4.69, 9.17) is 16.3 Å². The summed E-state index contributed by atoms with van der Waals surface area (Å²) in [6.45, 7) is 8.18. The van der Waals surface area contributed by atoms with Gasteiger partial charge in [0.2, 0.25) is 0 Å². The topological polar surface area (TPSA) is 9.23 Å². The fourth-order valence-electron chi connectivity index (χ4n) is 0.648. The fraction of sp³-hybridized carbons (Fsp3) is 1.00. The molecule has 0 radical (unpaired) electrons. The number of hydrogen-bond donors (Lipinski definition) is 0. The van der Waals surface area contributed by atoms with Crippen LogP contribution in [-0.4, -0.2) is 19.1 Å². The summed E-state index contributed by atoms with van der Waals surface area (Å²) >= 11 is 5.61. The van der Waals surface area contributed by atoms with Gasteiger partial charge in [-0.05, 0) is 18.3 Å². The zero-order valence-electron chi connectivity index (χ0n) is 7.77. The number of ether oxygens (including phenoxy) is 1. The molecule has 0 aromatic carbocycles. The Bertz CT molecular complexity index is 83.6. The second-order valence-electron chi connectivity index (χ2n) is 3.52. The van der Waals surface area contributed by atoms with Crippen LogP contribution < -0.4 is 0 Å². The first-order valence-corrected chi connectivity index (χ1v) is 4.84. The molecule has 0 spiro atoms. The summed E-state index contributed by atoms with van der Waals surface area (Å²) in [4.78, 5) is 0. The Morgan fingerprint density at radius 1 is 1.27 bits per heavy atom. The molecule has 68 valence electrons. The SMILES string of the molecule is CC(C)CCOCC(C)CCl. The van der Waals surface area contributed by atoms with Gasteiger partial charge >= 0.3 is 0 Å². The molecule has 0 rings (SSSR count). The Kier molecular flexibility index (Phi) is 7.09. The van der Waals surface area contributed by atoms with Crippen molar-refractivity contribution < 1.29 is 4.74 Å². The van der Waals surface area contributed by atoms with Gasteiger partial charge in [0.15, 0.2) is 0 Å². The van der Waals surface area contributed by atoms with Crippen LogP contribution in [0, 0.1) is 11.8 Å². The van der Waals surface area contributed by atoms with Crippen molar-refractivity contribution in [1.82, 2.24) is 0 Å². The Morgan fingerprint density at radius 3 is 2.36 bits per heavy atom. The molecular formula is C9H19ClO. The molecule has 0 bridgehead atoms. The highest BCUT2D eigenvalue weighted by atomic mass is 35.5. The molecule has 1 atom stereocenters. The second-order valence-corrected chi connectivity index (χ2v) is 3.83. The van der Waals surface area contributed by atoms with Gasteiger partial charge in [-0.25, -0.2) is 0 Å². The summed E-state index contributed by atoms with van der Waals surface area (Å²) in [6, 6.07) is 0. The molecule has 0 amide bonds. The van der Waals surface area contributed by atoms with E-state index in [2.05, 4.69) is 20.8 Å². The molecule has 0 fully saturated rings. The van der Waals surface area contributed by atoms with Gasteiger partial charge in [-0.1, -0.05) is 20.8 Å². The summed E-state index contributed by atoms with van der Waals surface area (Å²) < 4.78 is 5.41. The fourth-order valence-corrected chi connectivity index (χ4v) is 0.737. The van der Waals surface area contributed by atoms with Crippen LogP contribution in [0.3, 0.4) is 0 Å². The maximum absolute atomic E-state index is 5.61. The molecule has 0 aromatic heterocycles. The predicted molar refractivity (Wildman–Crippen MR) is 50.2 cm³/mol. The van der Waals surface area contributed by atoms with Crippen LogP contribution in [0.2, 0.25) is 0 Å². The third kappa shape index (κ3) is 8.15. The Labute approximate surface area is 75.1 Å². The lowest BCUT2D eigenvalue weighted by molar-refractivity contribution is 0.102. The lowest BCUT2D eigenvalue weighted by atomic mass is 10.1. The van der Waals surface area contributed by atoms with Gasteiger partial charge in [-0.15, -0.1) is 11.6 Å². The van der Waals surface area contributed by atoms with Crippen molar-refractivity contribution in [2.45, 2.75) is 27.2 Å². The van der Waals surface area contributed by atoms with Crippen LogP contribution >= 0.6 is 11.6 Å². The summed E-state index contributed by atoms with van der Waals surface area (Å²) in [6.07, 6.45) is 1.15. The van der Waals surface area contributed by atoms with E-state index in [0.29, 0.717) is 11.8 Å². The van der Waals surface area contributed by atoms with Crippen LogP contribution in [0.5, 0.6) is 0 Å². The first kappa shape index (κ1) is 11.2. The van der Waals surface area contributed by atoms with Crippen molar-refractivity contribution in [3.05, 3.63) is 0 Å². The predicted octanol–water partition coefficient (Wildman–Crippen LogP) is 2.92. The summed E-state index contributed by atoms with van der Waals surface area (Å²) in [5.74, 6) is 1.92. The number of halogens is 1. The van der Waals surface area contributed by atoms with E-state index in [1.54, 1.807) is 0 Å². The third-order valence-corrected chi connectivity index (χ3v) is 2.03. The molecule has 0 N–H and O–H groups in total. The zero-order valence-corrected chi connectivity index (χ0v) is 8.53. The molecule has 0 heterocycles. The third-order valence-electron chi connectivity index (χ3n) is 1.51. The second kappa shape index (κ2) is 6.93. The van der Waals surface area contributed by atoms with Crippen LogP contribution in [0.15, 0.2) is 0 Å². The van der Waals surface area contributed by atoms with Crippen LogP contribution in [-0.2, 0) is 4.74 Å². The van der Waals surface area contributed by atoms with Gasteiger partial charge in [0, 0.05) is 12.5 Å². The lowest BCUT2D eigenvalue weighted by Gasteiger charge is -2.09. The van der Waals surface area contributed by atoms with Gasteiger partial charge in [-0.3, -0.25) is 0 Å². The van der Waals surface area contributed by atoms with Gasteiger partial charge < -0.3 is 4.74 Å². The van der Waals surface area contributed by atoms with E-state index < -0.39 is 0 Å². The average molecular weight is 179 g/mol. The largest absolute Gasteiger partial charge is 0.381 e. The van der Waals surface area contributed by atoms with Gasteiger partial charge in [0.25, 0.3) is 0 Å². The van der Waals surface area contributed by atoms with Crippen molar-refractivity contribution >= 4 is 11.6 Å². The molecule has 0 saturated carbocycles. The van der Waals surface area contributed by atoms with Crippen molar-refractivity contribution in [1.29, 1.82) is 0 Å². The van der Waals surface area contributed by atoms with E-state index in [0.717, 1.165) is 25.6 Å². The Hall–Kier alpha value is 0.250. The van der Waals surface area contributed by atoms with Gasteiger partial charge in [0.05, 0.1) is 6.61 Å². The van der Waals surface area contributed by atoms with Crippen molar-refractivity contribution in [2.24, 2.45) is 11.8 Å². The average Bonchev–Trinajstić information content (AvgIpc) is 1.97. The van der Waals surface area contributed by atoms with Crippen molar-refractivity contribution in [2.75, 3.05) is 19.1 Å². The monoisotopic (exact) mass is 178 g/mol. The van der Waals surface area contributed by atoms with Crippen molar-refractivity contribution in [3.8, 4) is 0 Å². The van der Waals surface area contributed by atoms with Crippen LogP contribution in [0.1, 0.15) is 27.2 Å². The van der Waals surface area contributed by atoms with E-state index in [1.807, 2.05) is 0 Å². The first-order valence-electron chi connectivity index (χ1n) is 4.30. The van der Waals surface area contributed by atoms with Crippen LogP contribution in [0.25, 0.3) is 0 Å². The highest BCUT2D eigenvalue weighted by molar-refractivity contribution is 6.18. The molecule has 0 aromatic rings. The molecule has 0 aliphatic carbocycles. The minimum absolute atomic E-state index is 0.490. The maximum Gasteiger partial charge on any atom is 0.0503 e. The van der Waals surface area contributed by atoms with E-state index in [-0.39, 0.29) is 0 Å². The minimum Gasteiger partial charge on any atom is -0.381 e. The number of alkyl halides is 1. The quantitative estimate of drug-likeness (QED) is 0.449. The molecule has 2 heteroatoms. The summed E-state index contributed by atoms with van der Waals surface area (Å²) in [5, 5.41) is 0. The molecule has 0 saturated heterocycles. The highest BCUT2D eigenvalue weighted by Gasteiger charge is 1.99. The smallest absolute Gasteiger partial charge is 0.0503 e. The molecular weight excluding hydrogens is 160 g/mol. The Morgan fingerprint density at radius 2 is 1.91 bits per heavy atom. The molecule has 0 aliphatic rings. The normalized spacial score (nSPS) is 13.9. The van der Waals surface area contributed by atoms with Gasteiger partial charge in [-0.2, -0.15) is 0 Å². The molecule has 1 unspecified atom stereocenters. The highest BCUT2D eigenvalue weighted by Crippen LogP contribution is 2.02. The standard InChI is InChI=1S/C9H19ClO/c1-8(2)4-5-11-7-9(3)6-10/h8-9H,4-7H2,1-3H3. The molecule has 1 nitrogen and oxygen atoms in total. The van der Waals surface area contributed by atoms with Gasteiger partial charge in [0.1, 0.15) is 0 Å².